The summed E-state index contributed by atoms with van der Waals surface area (Å²) in [6, 6.07) is 26.1. The molecule has 1 heterocycles. The Morgan fingerprint density at radius 3 is 2.39 bits per heavy atom. The van der Waals surface area contributed by atoms with Crippen molar-refractivity contribution in [1.82, 2.24) is 10.3 Å². The molecule has 0 bridgehead atoms. The summed E-state index contributed by atoms with van der Waals surface area (Å²) in [5.41, 5.74) is 6.66. The van der Waals surface area contributed by atoms with E-state index in [0.717, 1.165) is 46.4 Å². The van der Waals surface area contributed by atoms with Gasteiger partial charge in [0.25, 0.3) is 0 Å². The molecule has 0 aliphatic heterocycles. The Labute approximate surface area is 229 Å². The van der Waals surface area contributed by atoms with E-state index in [4.69, 9.17) is 4.98 Å². The number of hydrogen-bond acceptors (Lipinski definition) is 5. The molecule has 0 saturated heterocycles. The predicted molar refractivity (Wildman–Crippen MR) is 156 cm³/mol. The van der Waals surface area contributed by atoms with Crippen LogP contribution in [0.2, 0.25) is 0 Å². The predicted octanol–water partition coefficient (Wildman–Crippen LogP) is 7.43. The zero-order valence-corrected chi connectivity index (χ0v) is 22.4. The quantitative estimate of drug-likeness (QED) is 0.190. The third-order valence-electron chi connectivity index (χ3n) is 7.37. The number of anilines is 1. The molecule has 1 unspecified atom stereocenters. The lowest BCUT2D eigenvalue weighted by molar-refractivity contribution is -0.139. The number of carboxylic acids is 1. The molecule has 1 aromatic heterocycles. The molecular weight excluding hydrogens is 490 g/mol. The van der Waals surface area contributed by atoms with Gasteiger partial charge < -0.3 is 10.4 Å². The second-order valence-corrected chi connectivity index (χ2v) is 11.0. The van der Waals surface area contributed by atoms with E-state index < -0.39 is 12.0 Å². The Kier molecular flexibility index (Phi) is 8.84. The van der Waals surface area contributed by atoms with E-state index in [-0.39, 0.29) is 0 Å². The zero-order valence-electron chi connectivity index (χ0n) is 21.6. The molecule has 0 spiro atoms. The van der Waals surface area contributed by atoms with E-state index in [1.165, 1.54) is 54.6 Å². The highest BCUT2D eigenvalue weighted by atomic mass is 32.1. The largest absolute Gasteiger partial charge is 0.480 e. The van der Waals surface area contributed by atoms with Gasteiger partial charge in [0.05, 0.1) is 5.69 Å². The van der Waals surface area contributed by atoms with Crippen LogP contribution in [0.5, 0.6) is 0 Å². The van der Waals surface area contributed by atoms with Crippen molar-refractivity contribution in [3.63, 3.8) is 0 Å². The molecule has 196 valence electrons. The lowest BCUT2D eigenvalue weighted by atomic mass is 9.84. The number of benzene rings is 3. The van der Waals surface area contributed by atoms with Crippen molar-refractivity contribution < 1.29 is 9.90 Å². The first kappa shape index (κ1) is 26.1. The normalized spacial score (nSPS) is 14.7. The van der Waals surface area contributed by atoms with Gasteiger partial charge in [-0.05, 0) is 54.0 Å². The van der Waals surface area contributed by atoms with Gasteiger partial charge in [-0.3, -0.25) is 10.1 Å². The van der Waals surface area contributed by atoms with Crippen molar-refractivity contribution in [2.24, 2.45) is 0 Å². The molecule has 4 aromatic rings. The molecule has 5 nitrogen and oxygen atoms in total. The molecule has 1 atom stereocenters. The van der Waals surface area contributed by atoms with Crippen LogP contribution in [0.3, 0.4) is 0 Å². The van der Waals surface area contributed by atoms with Crippen molar-refractivity contribution in [2.75, 3.05) is 11.9 Å². The van der Waals surface area contributed by atoms with Crippen LogP contribution in [-0.4, -0.2) is 22.6 Å². The highest BCUT2D eigenvalue weighted by molar-refractivity contribution is 7.09. The van der Waals surface area contributed by atoms with Gasteiger partial charge >= 0.3 is 5.97 Å². The topological polar surface area (TPSA) is 74.2 Å². The third-order valence-corrected chi connectivity index (χ3v) is 8.22. The highest BCUT2D eigenvalue weighted by Gasteiger charge is 2.19. The number of hydrogen-bond donors (Lipinski definition) is 3. The Hall–Kier alpha value is -3.48. The van der Waals surface area contributed by atoms with Gasteiger partial charge in [0, 0.05) is 29.7 Å². The lowest BCUT2D eigenvalue weighted by Crippen LogP contribution is -2.28. The maximum Gasteiger partial charge on any atom is 0.325 e. The summed E-state index contributed by atoms with van der Waals surface area (Å²) in [7, 11) is 0. The molecule has 6 heteroatoms. The summed E-state index contributed by atoms with van der Waals surface area (Å²) in [4.78, 5) is 16.4. The molecule has 3 N–H and O–H groups in total. The zero-order chi connectivity index (χ0) is 26.2. The van der Waals surface area contributed by atoms with Crippen LogP contribution in [0.25, 0.3) is 11.3 Å². The van der Waals surface area contributed by atoms with E-state index in [2.05, 4.69) is 59.2 Å². The van der Waals surface area contributed by atoms with E-state index in [9.17, 15) is 9.90 Å². The van der Waals surface area contributed by atoms with Crippen LogP contribution in [0, 0.1) is 0 Å². The number of rotatable bonds is 11. The summed E-state index contributed by atoms with van der Waals surface area (Å²) < 4.78 is 0. The highest BCUT2D eigenvalue weighted by Crippen LogP contribution is 2.32. The van der Waals surface area contributed by atoms with Gasteiger partial charge in [-0.15, -0.1) is 11.3 Å². The minimum atomic E-state index is -0.896. The van der Waals surface area contributed by atoms with Crippen LogP contribution in [0.1, 0.15) is 65.8 Å². The standard InChI is InChI=1S/C32H35N3O2S/c36-32(37)31(27-9-5-2-6-10-27)34-21-30-35-29(22-38-30)26-15-17-28(18-16-26)33-20-19-23-11-13-25(14-12-23)24-7-3-1-4-8-24/h2,5-6,9-18,22,24,31,33-34H,1,3-4,7-8,19-21H2,(H,36,37). The smallest absolute Gasteiger partial charge is 0.325 e. The number of aliphatic carboxylic acids is 1. The van der Waals surface area contributed by atoms with Crippen molar-refractivity contribution in [2.45, 2.75) is 57.0 Å². The molecule has 5 rings (SSSR count). The van der Waals surface area contributed by atoms with Crippen molar-refractivity contribution >= 4 is 23.0 Å². The molecule has 1 fully saturated rings. The molecule has 38 heavy (non-hydrogen) atoms. The Morgan fingerprint density at radius 1 is 0.947 bits per heavy atom. The first-order valence-corrected chi connectivity index (χ1v) is 14.4. The fourth-order valence-electron chi connectivity index (χ4n) is 5.21. The van der Waals surface area contributed by atoms with Gasteiger partial charge in [-0.1, -0.05) is 86.0 Å². The summed E-state index contributed by atoms with van der Waals surface area (Å²) in [6.07, 6.45) is 7.82. The van der Waals surface area contributed by atoms with Crippen LogP contribution >= 0.6 is 11.3 Å². The van der Waals surface area contributed by atoms with E-state index in [0.29, 0.717) is 6.54 Å². The molecule has 1 aliphatic rings. The fourth-order valence-corrected chi connectivity index (χ4v) is 5.96. The Bertz CT molecular complexity index is 1300. The SMILES string of the molecule is O=C(O)C(NCc1nc(-c2ccc(NCCc3ccc(C4CCCCC4)cc3)cc2)cs1)c1ccccc1. The average Bonchev–Trinajstić information content (AvgIpc) is 3.44. The first-order chi connectivity index (χ1) is 18.7. The second-order valence-electron chi connectivity index (χ2n) is 10.0. The number of carboxylic acid groups (broad SMARTS) is 1. The number of nitrogens with zero attached hydrogens (tertiary/aromatic N) is 1. The molecule has 3 aromatic carbocycles. The van der Waals surface area contributed by atoms with Crippen LogP contribution < -0.4 is 10.6 Å². The molecule has 0 radical (unpaired) electrons. The number of thiazole rings is 1. The summed E-state index contributed by atoms with van der Waals surface area (Å²) in [5, 5.41) is 19.1. The molecule has 1 saturated carbocycles. The number of aromatic nitrogens is 1. The maximum absolute atomic E-state index is 11.7. The second kappa shape index (κ2) is 12.9. The van der Waals surface area contributed by atoms with Gasteiger partial charge in [-0.25, -0.2) is 4.98 Å². The average molecular weight is 526 g/mol. The minimum absolute atomic E-state index is 0.401. The first-order valence-electron chi connectivity index (χ1n) is 13.5. The van der Waals surface area contributed by atoms with Gasteiger partial charge in [0.1, 0.15) is 11.0 Å². The molecular formula is C32H35N3O2S. The molecule has 1 aliphatic carbocycles. The van der Waals surface area contributed by atoms with Crippen LogP contribution in [0.15, 0.2) is 84.2 Å². The van der Waals surface area contributed by atoms with E-state index >= 15 is 0 Å². The maximum atomic E-state index is 11.7. The van der Waals surface area contributed by atoms with Crippen molar-refractivity contribution in [3.8, 4) is 11.3 Å². The molecule has 0 amide bonds. The van der Waals surface area contributed by atoms with Gasteiger partial charge in [0.2, 0.25) is 0 Å². The minimum Gasteiger partial charge on any atom is -0.480 e. The number of carbonyl (C=O) groups is 1. The summed E-state index contributed by atoms with van der Waals surface area (Å²) in [5.74, 6) is -0.136. The van der Waals surface area contributed by atoms with Crippen molar-refractivity contribution in [1.29, 1.82) is 0 Å². The Balaban J connectivity index is 1.10. The van der Waals surface area contributed by atoms with E-state index in [1.807, 2.05) is 35.7 Å². The Morgan fingerprint density at radius 2 is 1.68 bits per heavy atom. The summed E-state index contributed by atoms with van der Waals surface area (Å²) in [6.45, 7) is 1.29. The third kappa shape index (κ3) is 6.88. The number of nitrogens with one attached hydrogen (secondary N) is 2. The summed E-state index contributed by atoms with van der Waals surface area (Å²) >= 11 is 1.54. The van der Waals surface area contributed by atoms with Gasteiger partial charge in [0.15, 0.2) is 0 Å². The van der Waals surface area contributed by atoms with Crippen molar-refractivity contribution in [3.05, 3.63) is 106 Å². The fraction of sp³-hybridized carbons (Fsp3) is 0.312. The van der Waals surface area contributed by atoms with E-state index in [1.54, 1.807) is 0 Å². The monoisotopic (exact) mass is 525 g/mol. The van der Waals surface area contributed by atoms with Crippen LogP contribution in [-0.2, 0) is 17.8 Å². The lowest BCUT2D eigenvalue weighted by Gasteiger charge is -2.22. The van der Waals surface area contributed by atoms with Crippen LogP contribution in [0.4, 0.5) is 5.69 Å². The van der Waals surface area contributed by atoms with Gasteiger partial charge in [-0.2, -0.15) is 0 Å².